The summed E-state index contributed by atoms with van der Waals surface area (Å²) in [6, 6.07) is 0. The number of anilines is 3. The molecule has 1 aromatic rings. The summed E-state index contributed by atoms with van der Waals surface area (Å²) in [5.41, 5.74) is 0. The van der Waals surface area contributed by atoms with Gasteiger partial charge in [0.2, 0.25) is 17.8 Å². The molecule has 0 amide bonds. The average Bonchev–Trinajstić information content (AvgIpc) is 2.46. The number of hydrogen-bond donors (Lipinski definition) is 2. The Hall–Kier alpha value is -1.64. The van der Waals surface area contributed by atoms with Gasteiger partial charge in [-0.15, -0.1) is 0 Å². The molecule has 0 aliphatic carbocycles. The van der Waals surface area contributed by atoms with Crippen LogP contribution in [0.2, 0.25) is 0 Å². The fraction of sp³-hybridized carbons (Fsp3) is 0.750. The third kappa shape index (κ3) is 5.00. The van der Waals surface area contributed by atoms with Gasteiger partial charge < -0.3 is 15.5 Å². The van der Waals surface area contributed by atoms with Crippen LogP contribution in [0, 0.1) is 0 Å². The van der Waals surface area contributed by atoms with Gasteiger partial charge in [-0.1, -0.05) is 0 Å². The van der Waals surface area contributed by atoms with Gasteiger partial charge in [-0.2, -0.15) is 15.0 Å². The van der Waals surface area contributed by atoms with E-state index in [1.807, 2.05) is 0 Å². The highest BCUT2D eigenvalue weighted by atomic mass is 32.2. The Kier molecular flexibility index (Phi) is 5.16. The van der Waals surface area contributed by atoms with Gasteiger partial charge in [0.05, 0.1) is 5.75 Å². The molecule has 2 N–H and O–H groups in total. The number of nitrogens with zero attached hydrogens (tertiary/aromatic N) is 4. The highest BCUT2D eigenvalue weighted by Crippen LogP contribution is 2.18. The number of nitrogens with one attached hydrogen (secondary N) is 2. The van der Waals surface area contributed by atoms with Crippen LogP contribution in [0.3, 0.4) is 0 Å². The van der Waals surface area contributed by atoms with E-state index < -0.39 is 9.84 Å². The first-order valence-electron chi connectivity index (χ1n) is 7.08. The van der Waals surface area contributed by atoms with E-state index in [0.717, 1.165) is 25.9 Å². The summed E-state index contributed by atoms with van der Waals surface area (Å²) in [5.74, 6) is 1.56. The van der Waals surface area contributed by atoms with Crippen LogP contribution in [0.25, 0.3) is 0 Å². The number of aromatic nitrogens is 3. The van der Waals surface area contributed by atoms with Gasteiger partial charge in [0.15, 0.2) is 0 Å². The van der Waals surface area contributed by atoms with Crippen LogP contribution in [-0.2, 0) is 9.84 Å². The highest BCUT2D eigenvalue weighted by molar-refractivity contribution is 7.90. The average molecular weight is 314 g/mol. The topological polar surface area (TPSA) is 100 Å². The molecule has 1 aromatic heterocycles. The van der Waals surface area contributed by atoms with Crippen molar-refractivity contribution >= 4 is 27.7 Å². The third-order valence-corrected chi connectivity index (χ3v) is 4.19. The Morgan fingerprint density at radius 2 is 1.76 bits per heavy atom. The normalized spacial score (nSPS) is 15.8. The predicted molar refractivity (Wildman–Crippen MR) is 83.6 cm³/mol. The van der Waals surface area contributed by atoms with Gasteiger partial charge in [-0.3, -0.25) is 0 Å². The lowest BCUT2D eigenvalue weighted by molar-refractivity contribution is 0.568. The molecular weight excluding hydrogens is 292 g/mol. The number of hydrogen-bond acceptors (Lipinski definition) is 8. The van der Waals surface area contributed by atoms with Crippen molar-refractivity contribution in [2.45, 2.75) is 19.3 Å². The van der Waals surface area contributed by atoms with Crippen molar-refractivity contribution in [1.82, 2.24) is 15.0 Å². The first kappa shape index (κ1) is 15.7. The predicted octanol–water partition coefficient (Wildman–Crippen LogP) is 0.360. The summed E-state index contributed by atoms with van der Waals surface area (Å²) in [6.45, 7) is 2.16. The van der Waals surface area contributed by atoms with E-state index >= 15 is 0 Å². The Morgan fingerprint density at radius 1 is 1.10 bits per heavy atom. The largest absolute Gasteiger partial charge is 0.357 e. The summed E-state index contributed by atoms with van der Waals surface area (Å²) in [5, 5.41) is 5.85. The van der Waals surface area contributed by atoms with Crippen LogP contribution in [-0.4, -0.2) is 62.1 Å². The SMILES string of the molecule is CNc1nc(NCCS(C)(=O)=O)nc(N2CCCCC2)n1. The van der Waals surface area contributed by atoms with Crippen LogP contribution < -0.4 is 15.5 Å². The number of sulfone groups is 1. The highest BCUT2D eigenvalue weighted by Gasteiger charge is 2.16. The lowest BCUT2D eigenvalue weighted by atomic mass is 10.1. The van der Waals surface area contributed by atoms with Gasteiger partial charge in [-0.05, 0) is 19.3 Å². The summed E-state index contributed by atoms with van der Waals surface area (Å²) in [4.78, 5) is 15.1. The molecule has 1 fully saturated rings. The van der Waals surface area contributed by atoms with Crippen molar-refractivity contribution in [2.75, 3.05) is 54.2 Å². The fourth-order valence-electron chi connectivity index (χ4n) is 2.14. The zero-order valence-corrected chi connectivity index (χ0v) is 13.3. The minimum absolute atomic E-state index is 0.0482. The molecule has 8 nitrogen and oxygen atoms in total. The molecule has 1 aliphatic heterocycles. The summed E-state index contributed by atoms with van der Waals surface area (Å²) < 4.78 is 22.3. The molecule has 0 spiro atoms. The molecule has 21 heavy (non-hydrogen) atoms. The monoisotopic (exact) mass is 314 g/mol. The molecule has 0 saturated carbocycles. The lowest BCUT2D eigenvalue weighted by Crippen LogP contribution is -2.31. The second kappa shape index (κ2) is 6.88. The molecule has 1 saturated heterocycles. The minimum Gasteiger partial charge on any atom is -0.357 e. The van der Waals surface area contributed by atoms with E-state index in [1.165, 1.54) is 12.7 Å². The summed E-state index contributed by atoms with van der Waals surface area (Å²) in [7, 11) is -1.25. The minimum atomic E-state index is -3.00. The van der Waals surface area contributed by atoms with Crippen LogP contribution in [0.4, 0.5) is 17.8 Å². The quantitative estimate of drug-likeness (QED) is 0.776. The van der Waals surface area contributed by atoms with Crippen LogP contribution in [0.15, 0.2) is 0 Å². The Morgan fingerprint density at radius 3 is 2.38 bits per heavy atom. The summed E-state index contributed by atoms with van der Waals surface area (Å²) >= 11 is 0. The zero-order chi connectivity index (χ0) is 15.3. The smallest absolute Gasteiger partial charge is 0.231 e. The molecule has 2 rings (SSSR count). The maximum absolute atomic E-state index is 11.1. The maximum Gasteiger partial charge on any atom is 0.231 e. The van der Waals surface area contributed by atoms with Crippen LogP contribution >= 0.6 is 0 Å². The number of rotatable bonds is 6. The van der Waals surface area contributed by atoms with E-state index in [0.29, 0.717) is 17.8 Å². The van der Waals surface area contributed by atoms with Crippen LogP contribution in [0.5, 0.6) is 0 Å². The Balaban J connectivity index is 2.09. The number of piperidine rings is 1. The molecule has 9 heteroatoms. The van der Waals surface area contributed by atoms with Crippen molar-refractivity contribution in [2.24, 2.45) is 0 Å². The molecule has 0 aromatic carbocycles. The standard InChI is InChI=1S/C12H22N6O2S/c1-13-10-15-11(14-6-9-21(2,19)20)17-12(16-10)18-7-4-3-5-8-18/h3-9H2,1-2H3,(H2,13,14,15,16,17). The van der Waals surface area contributed by atoms with E-state index in [2.05, 4.69) is 30.5 Å². The molecular formula is C12H22N6O2S. The molecule has 0 unspecified atom stereocenters. The van der Waals surface area contributed by atoms with Gasteiger partial charge in [0.1, 0.15) is 9.84 Å². The van der Waals surface area contributed by atoms with E-state index in [1.54, 1.807) is 7.05 Å². The molecule has 1 aliphatic rings. The van der Waals surface area contributed by atoms with E-state index in [9.17, 15) is 8.42 Å². The molecule has 0 radical (unpaired) electrons. The van der Waals surface area contributed by atoms with Gasteiger partial charge >= 0.3 is 0 Å². The van der Waals surface area contributed by atoms with Gasteiger partial charge in [0, 0.05) is 32.9 Å². The first-order chi connectivity index (χ1) is 9.98. The van der Waals surface area contributed by atoms with Gasteiger partial charge in [0.25, 0.3) is 0 Å². The maximum atomic E-state index is 11.1. The molecule has 0 atom stereocenters. The van der Waals surface area contributed by atoms with Crippen molar-refractivity contribution < 1.29 is 8.42 Å². The second-order valence-corrected chi connectivity index (χ2v) is 7.40. The fourth-order valence-corrected chi connectivity index (χ4v) is 2.61. The molecule has 0 bridgehead atoms. The Labute approximate surface area is 125 Å². The third-order valence-electron chi connectivity index (χ3n) is 3.24. The molecule has 2 heterocycles. The van der Waals surface area contributed by atoms with Crippen molar-refractivity contribution in [1.29, 1.82) is 0 Å². The lowest BCUT2D eigenvalue weighted by Gasteiger charge is -2.26. The van der Waals surface area contributed by atoms with Gasteiger partial charge in [-0.25, -0.2) is 8.42 Å². The van der Waals surface area contributed by atoms with Crippen molar-refractivity contribution in [3.05, 3.63) is 0 Å². The Bertz CT molecular complexity index is 571. The van der Waals surface area contributed by atoms with Crippen LogP contribution in [0.1, 0.15) is 19.3 Å². The summed E-state index contributed by atoms with van der Waals surface area (Å²) in [6.07, 6.45) is 4.72. The molecule has 118 valence electrons. The van der Waals surface area contributed by atoms with Crippen molar-refractivity contribution in [3.8, 4) is 0 Å². The second-order valence-electron chi connectivity index (χ2n) is 5.14. The first-order valence-corrected chi connectivity index (χ1v) is 9.14. The van der Waals surface area contributed by atoms with E-state index in [4.69, 9.17) is 0 Å². The zero-order valence-electron chi connectivity index (χ0n) is 12.5. The van der Waals surface area contributed by atoms with Crippen molar-refractivity contribution in [3.63, 3.8) is 0 Å². The van der Waals surface area contributed by atoms with E-state index in [-0.39, 0.29) is 12.3 Å².